The van der Waals surface area contributed by atoms with E-state index in [9.17, 15) is 8.42 Å². The first-order chi connectivity index (χ1) is 12.6. The number of methoxy groups -OCH3 is 1. The van der Waals surface area contributed by atoms with Gasteiger partial charge in [-0.3, -0.25) is 0 Å². The van der Waals surface area contributed by atoms with Crippen LogP contribution in [0.4, 0.5) is 5.13 Å². The predicted octanol–water partition coefficient (Wildman–Crippen LogP) is 1.16. The molecule has 0 unspecified atom stereocenters. The van der Waals surface area contributed by atoms with Crippen molar-refractivity contribution in [3.8, 4) is 0 Å². The number of nitrogens with one attached hydrogen (secondary N) is 1. The normalized spacial score (nSPS) is 15.9. The van der Waals surface area contributed by atoms with E-state index in [1.165, 1.54) is 33.6 Å². The Bertz CT molecular complexity index is 806. The van der Waals surface area contributed by atoms with Gasteiger partial charge in [0.15, 0.2) is 4.34 Å². The fourth-order valence-corrected chi connectivity index (χ4v) is 5.21. The van der Waals surface area contributed by atoms with E-state index in [2.05, 4.69) is 20.5 Å². The lowest BCUT2D eigenvalue weighted by Gasteiger charge is -2.25. The van der Waals surface area contributed by atoms with Crippen molar-refractivity contribution in [1.82, 2.24) is 19.5 Å². The quantitative estimate of drug-likeness (QED) is 0.633. The molecule has 1 fully saturated rings. The van der Waals surface area contributed by atoms with Crippen LogP contribution in [0, 0.1) is 0 Å². The number of morpholine rings is 1. The highest BCUT2D eigenvalue weighted by Gasteiger charge is 2.26. The van der Waals surface area contributed by atoms with Crippen molar-refractivity contribution in [3.63, 3.8) is 0 Å². The predicted molar refractivity (Wildman–Crippen MR) is 98.2 cm³/mol. The van der Waals surface area contributed by atoms with Crippen molar-refractivity contribution in [2.24, 2.45) is 0 Å². The first-order valence-electron chi connectivity index (χ1n) is 7.88. The van der Waals surface area contributed by atoms with Gasteiger partial charge in [-0.2, -0.15) is 4.31 Å². The Morgan fingerprint density at radius 2 is 2.15 bits per heavy atom. The number of aromatic nitrogens is 3. The van der Waals surface area contributed by atoms with Gasteiger partial charge in [-0.25, -0.2) is 13.4 Å². The highest BCUT2D eigenvalue weighted by Crippen LogP contribution is 2.31. The molecule has 12 heteroatoms. The van der Waals surface area contributed by atoms with Crippen LogP contribution in [0.15, 0.2) is 32.6 Å². The van der Waals surface area contributed by atoms with Gasteiger partial charge < -0.3 is 14.8 Å². The molecule has 142 valence electrons. The molecule has 1 N–H and O–H groups in total. The Morgan fingerprint density at radius 1 is 1.35 bits per heavy atom. The third-order valence-corrected chi connectivity index (χ3v) is 7.26. The Labute approximate surface area is 160 Å². The molecule has 1 aliphatic heterocycles. The molecule has 1 saturated heterocycles. The second-order valence-electron chi connectivity index (χ2n) is 5.24. The summed E-state index contributed by atoms with van der Waals surface area (Å²) < 4.78 is 37.5. The van der Waals surface area contributed by atoms with Crippen LogP contribution in [-0.4, -0.2) is 74.5 Å². The van der Waals surface area contributed by atoms with Gasteiger partial charge in [0.05, 0.1) is 19.8 Å². The summed E-state index contributed by atoms with van der Waals surface area (Å²) in [5.74, 6) is 0. The molecule has 0 aliphatic carbocycles. The number of ether oxygens (including phenoxy) is 2. The van der Waals surface area contributed by atoms with Crippen LogP contribution in [-0.2, 0) is 19.5 Å². The topological polar surface area (TPSA) is 107 Å². The molecule has 0 amide bonds. The zero-order valence-corrected chi connectivity index (χ0v) is 16.6. The van der Waals surface area contributed by atoms with E-state index in [-0.39, 0.29) is 4.90 Å². The Kier molecular flexibility index (Phi) is 6.78. The lowest BCUT2D eigenvalue weighted by atomic mass is 10.5. The third-order valence-electron chi connectivity index (χ3n) is 3.50. The van der Waals surface area contributed by atoms with Gasteiger partial charge in [-0.15, -0.1) is 10.2 Å². The molecular formula is C14H19N5O4S3. The zero-order valence-electron chi connectivity index (χ0n) is 14.1. The molecule has 1 aliphatic rings. The van der Waals surface area contributed by atoms with Gasteiger partial charge >= 0.3 is 0 Å². The molecule has 2 aromatic heterocycles. The maximum absolute atomic E-state index is 12.6. The molecule has 0 spiro atoms. The van der Waals surface area contributed by atoms with Gasteiger partial charge in [0, 0.05) is 32.9 Å². The minimum absolute atomic E-state index is 0.183. The fourth-order valence-electron chi connectivity index (χ4n) is 2.19. The number of hydrogen-bond acceptors (Lipinski definition) is 10. The van der Waals surface area contributed by atoms with Crippen molar-refractivity contribution >= 4 is 38.3 Å². The van der Waals surface area contributed by atoms with Crippen LogP contribution in [0.2, 0.25) is 0 Å². The van der Waals surface area contributed by atoms with Gasteiger partial charge in [0.2, 0.25) is 15.2 Å². The Balaban J connectivity index is 1.62. The molecule has 9 nitrogen and oxygen atoms in total. The highest BCUT2D eigenvalue weighted by atomic mass is 32.2. The number of pyridine rings is 1. The average Bonchev–Trinajstić information content (AvgIpc) is 3.10. The number of anilines is 1. The highest BCUT2D eigenvalue weighted by molar-refractivity contribution is 8.01. The minimum atomic E-state index is -3.53. The first-order valence-corrected chi connectivity index (χ1v) is 10.9. The van der Waals surface area contributed by atoms with Crippen molar-refractivity contribution in [2.75, 3.05) is 51.9 Å². The van der Waals surface area contributed by atoms with Crippen LogP contribution in [0.3, 0.4) is 0 Å². The van der Waals surface area contributed by atoms with Crippen LogP contribution < -0.4 is 5.32 Å². The second-order valence-corrected chi connectivity index (χ2v) is 9.43. The standard InChI is InChI=1S/C14H19N5O4S3/c1-22-7-4-15-13-17-18-14(25-13)24-12-3-2-11(10-16-12)26(20,21)19-5-8-23-9-6-19/h2-3,10H,4-9H2,1H3,(H,15,17). The molecule has 0 radical (unpaired) electrons. The smallest absolute Gasteiger partial charge is 0.244 e. The molecule has 0 saturated carbocycles. The summed E-state index contributed by atoms with van der Waals surface area (Å²) in [5.41, 5.74) is 0. The number of hydrogen-bond donors (Lipinski definition) is 1. The summed E-state index contributed by atoms with van der Waals surface area (Å²) in [7, 11) is -1.89. The minimum Gasteiger partial charge on any atom is -0.383 e. The van der Waals surface area contributed by atoms with Crippen LogP contribution >= 0.6 is 23.1 Å². The van der Waals surface area contributed by atoms with Crippen LogP contribution in [0.5, 0.6) is 0 Å². The van der Waals surface area contributed by atoms with Gasteiger partial charge in [-0.1, -0.05) is 11.3 Å². The third kappa shape index (κ3) is 4.90. The van der Waals surface area contributed by atoms with E-state index < -0.39 is 10.0 Å². The number of rotatable bonds is 8. The molecule has 0 atom stereocenters. The molecule has 0 bridgehead atoms. The van der Waals surface area contributed by atoms with E-state index in [0.29, 0.717) is 49.6 Å². The van der Waals surface area contributed by atoms with Crippen LogP contribution in [0.1, 0.15) is 0 Å². The lowest BCUT2D eigenvalue weighted by molar-refractivity contribution is 0.0730. The van der Waals surface area contributed by atoms with E-state index in [4.69, 9.17) is 9.47 Å². The van der Waals surface area contributed by atoms with Gasteiger partial charge in [0.1, 0.15) is 9.92 Å². The molecule has 3 rings (SSSR count). The van der Waals surface area contributed by atoms with Crippen LogP contribution in [0.25, 0.3) is 0 Å². The zero-order chi connectivity index (χ0) is 18.4. The molecule has 0 aromatic carbocycles. The van der Waals surface area contributed by atoms with Gasteiger partial charge in [-0.05, 0) is 23.9 Å². The largest absolute Gasteiger partial charge is 0.383 e. The van der Waals surface area contributed by atoms with Gasteiger partial charge in [0.25, 0.3) is 0 Å². The summed E-state index contributed by atoms with van der Waals surface area (Å²) in [6.45, 7) is 2.80. The second kappa shape index (κ2) is 9.06. The summed E-state index contributed by atoms with van der Waals surface area (Å²) in [4.78, 5) is 4.43. The molecule has 2 aromatic rings. The Morgan fingerprint density at radius 3 is 2.85 bits per heavy atom. The average molecular weight is 418 g/mol. The summed E-state index contributed by atoms with van der Waals surface area (Å²) in [5, 5.41) is 12.6. The van der Waals surface area contributed by atoms with E-state index in [1.807, 2.05) is 0 Å². The Hall–Kier alpha value is -1.31. The first kappa shape index (κ1) is 19.5. The molecular weight excluding hydrogens is 398 g/mol. The summed E-state index contributed by atoms with van der Waals surface area (Å²) in [6, 6.07) is 3.25. The van der Waals surface area contributed by atoms with E-state index in [1.54, 1.807) is 19.2 Å². The SMILES string of the molecule is COCCNc1nnc(Sc2ccc(S(=O)(=O)N3CCOCC3)cn2)s1. The number of nitrogens with zero attached hydrogens (tertiary/aromatic N) is 4. The lowest BCUT2D eigenvalue weighted by Crippen LogP contribution is -2.40. The summed E-state index contributed by atoms with van der Waals surface area (Å²) >= 11 is 2.74. The molecule has 3 heterocycles. The number of sulfonamides is 1. The van der Waals surface area contributed by atoms with Crippen molar-refractivity contribution < 1.29 is 17.9 Å². The maximum atomic E-state index is 12.6. The fraction of sp³-hybridized carbons (Fsp3) is 0.500. The van der Waals surface area contributed by atoms with Crippen molar-refractivity contribution in [3.05, 3.63) is 18.3 Å². The monoisotopic (exact) mass is 417 g/mol. The van der Waals surface area contributed by atoms with E-state index >= 15 is 0 Å². The summed E-state index contributed by atoms with van der Waals surface area (Å²) in [6.07, 6.45) is 1.38. The van der Waals surface area contributed by atoms with Crippen molar-refractivity contribution in [2.45, 2.75) is 14.3 Å². The van der Waals surface area contributed by atoms with Crippen molar-refractivity contribution in [1.29, 1.82) is 0 Å². The molecule has 26 heavy (non-hydrogen) atoms. The van der Waals surface area contributed by atoms with E-state index in [0.717, 1.165) is 4.34 Å². The maximum Gasteiger partial charge on any atom is 0.244 e.